The normalized spacial score (nSPS) is 11.2. The van der Waals surface area contributed by atoms with E-state index in [0.717, 1.165) is 5.69 Å². The number of carbonyl (C=O) groups is 1. The number of H-pyrrole nitrogens is 1. The number of aryl methyl sites for hydroxylation is 1. The van der Waals surface area contributed by atoms with Crippen molar-refractivity contribution in [2.24, 2.45) is 5.73 Å². The standard InChI is InChI=1S/C13H18N4OS.2ClH/c1-9-3-4-19-12(9)7-17(2)13(18)11(14)5-10-6-15-8-16-10;;/h3-4,6,8,11H,5,7,14H2,1-2H3,(H,15,16);2*1H/t11-;;/m0../s1. The van der Waals surface area contributed by atoms with Crippen molar-refractivity contribution in [2.75, 3.05) is 7.05 Å². The monoisotopic (exact) mass is 350 g/mol. The number of carbonyl (C=O) groups excluding carboxylic acids is 1. The first kappa shape index (κ1) is 19.9. The molecule has 5 nitrogen and oxygen atoms in total. The zero-order valence-electron chi connectivity index (χ0n) is 11.9. The number of halogens is 2. The number of hydrogen-bond donors (Lipinski definition) is 2. The summed E-state index contributed by atoms with van der Waals surface area (Å²) >= 11 is 1.66. The van der Waals surface area contributed by atoms with Gasteiger partial charge in [0.05, 0.1) is 18.9 Å². The van der Waals surface area contributed by atoms with Crippen LogP contribution in [-0.4, -0.2) is 33.9 Å². The minimum Gasteiger partial charge on any atom is -0.348 e. The lowest BCUT2D eigenvalue weighted by Crippen LogP contribution is -2.42. The number of amides is 1. The van der Waals surface area contributed by atoms with Gasteiger partial charge in [-0.05, 0) is 23.9 Å². The number of hydrogen-bond acceptors (Lipinski definition) is 4. The second kappa shape index (κ2) is 9.04. The van der Waals surface area contributed by atoms with Crippen LogP contribution in [-0.2, 0) is 17.8 Å². The summed E-state index contributed by atoms with van der Waals surface area (Å²) in [6.07, 6.45) is 3.76. The minimum absolute atomic E-state index is 0. The third-order valence-electron chi connectivity index (χ3n) is 3.04. The second-order valence-corrected chi connectivity index (χ2v) is 5.61. The molecule has 0 spiro atoms. The van der Waals surface area contributed by atoms with Crippen LogP contribution in [0, 0.1) is 6.92 Å². The smallest absolute Gasteiger partial charge is 0.239 e. The highest BCUT2D eigenvalue weighted by Gasteiger charge is 2.19. The van der Waals surface area contributed by atoms with Gasteiger partial charge in [-0.2, -0.15) is 0 Å². The summed E-state index contributed by atoms with van der Waals surface area (Å²) in [4.78, 5) is 21.9. The number of aromatic amines is 1. The lowest BCUT2D eigenvalue weighted by atomic mass is 10.1. The third-order valence-corrected chi connectivity index (χ3v) is 4.04. The maximum absolute atomic E-state index is 12.2. The molecule has 0 bridgehead atoms. The van der Waals surface area contributed by atoms with E-state index in [1.54, 1.807) is 35.8 Å². The predicted octanol–water partition coefficient (Wildman–Crippen LogP) is 2.15. The Morgan fingerprint density at radius 2 is 2.24 bits per heavy atom. The summed E-state index contributed by atoms with van der Waals surface area (Å²) in [6, 6.07) is 1.52. The summed E-state index contributed by atoms with van der Waals surface area (Å²) in [5.41, 5.74) is 8.03. The Hall–Kier alpha value is -1.08. The number of rotatable bonds is 5. The van der Waals surface area contributed by atoms with Gasteiger partial charge in [0.1, 0.15) is 0 Å². The van der Waals surface area contributed by atoms with Crippen molar-refractivity contribution < 1.29 is 4.79 Å². The molecule has 0 fully saturated rings. The average Bonchev–Trinajstić information content (AvgIpc) is 3.01. The van der Waals surface area contributed by atoms with Crippen molar-refractivity contribution >= 4 is 42.1 Å². The molecule has 118 valence electrons. The fourth-order valence-corrected chi connectivity index (χ4v) is 2.82. The average molecular weight is 351 g/mol. The van der Waals surface area contributed by atoms with Gasteiger partial charge >= 0.3 is 0 Å². The molecule has 0 aromatic carbocycles. The number of nitrogens with two attached hydrogens (primary N) is 1. The summed E-state index contributed by atoms with van der Waals surface area (Å²) in [6.45, 7) is 2.66. The molecule has 0 aliphatic heterocycles. The lowest BCUT2D eigenvalue weighted by Gasteiger charge is -2.20. The van der Waals surface area contributed by atoms with Crippen molar-refractivity contribution in [1.82, 2.24) is 14.9 Å². The summed E-state index contributed by atoms with van der Waals surface area (Å²) < 4.78 is 0. The number of nitrogens with zero attached hydrogens (tertiary/aromatic N) is 2. The fraction of sp³-hybridized carbons (Fsp3) is 0.385. The van der Waals surface area contributed by atoms with Gasteiger partial charge < -0.3 is 15.6 Å². The van der Waals surface area contributed by atoms with Gasteiger partial charge in [-0.3, -0.25) is 4.79 Å². The molecule has 0 saturated carbocycles. The first-order valence-corrected chi connectivity index (χ1v) is 6.96. The van der Waals surface area contributed by atoms with Crippen LogP contribution in [0.4, 0.5) is 0 Å². The van der Waals surface area contributed by atoms with Crippen LogP contribution in [0.15, 0.2) is 24.0 Å². The Morgan fingerprint density at radius 3 is 2.76 bits per heavy atom. The summed E-state index contributed by atoms with van der Waals surface area (Å²) in [5, 5.41) is 2.04. The molecule has 0 saturated heterocycles. The highest BCUT2D eigenvalue weighted by atomic mass is 35.5. The molecule has 21 heavy (non-hydrogen) atoms. The van der Waals surface area contributed by atoms with E-state index in [1.165, 1.54) is 10.4 Å². The van der Waals surface area contributed by atoms with E-state index in [-0.39, 0.29) is 30.7 Å². The van der Waals surface area contributed by atoms with Crippen molar-refractivity contribution in [3.05, 3.63) is 40.1 Å². The highest BCUT2D eigenvalue weighted by molar-refractivity contribution is 7.10. The number of imidazole rings is 1. The van der Waals surface area contributed by atoms with Crippen LogP contribution in [0.5, 0.6) is 0 Å². The van der Waals surface area contributed by atoms with Gasteiger partial charge in [-0.15, -0.1) is 36.2 Å². The van der Waals surface area contributed by atoms with E-state index in [9.17, 15) is 4.79 Å². The zero-order chi connectivity index (χ0) is 13.8. The van der Waals surface area contributed by atoms with Gasteiger partial charge in [0.2, 0.25) is 5.91 Å². The van der Waals surface area contributed by atoms with Crippen LogP contribution in [0.25, 0.3) is 0 Å². The van der Waals surface area contributed by atoms with Crippen LogP contribution in [0.3, 0.4) is 0 Å². The van der Waals surface area contributed by atoms with Crippen molar-refractivity contribution in [2.45, 2.75) is 25.9 Å². The summed E-state index contributed by atoms with van der Waals surface area (Å²) in [5.74, 6) is -0.0533. The number of likely N-dealkylation sites (N-methyl/N-ethyl adjacent to an activating group) is 1. The SMILES string of the molecule is Cc1ccsc1CN(C)C(=O)[C@@H](N)Cc1cnc[nH]1.Cl.Cl. The Bertz CT molecular complexity index is 544. The minimum atomic E-state index is -0.536. The van der Waals surface area contributed by atoms with E-state index < -0.39 is 6.04 Å². The van der Waals surface area contributed by atoms with E-state index in [1.807, 2.05) is 5.38 Å². The topological polar surface area (TPSA) is 75.0 Å². The number of thiophene rings is 1. The maximum Gasteiger partial charge on any atom is 0.239 e. The highest BCUT2D eigenvalue weighted by Crippen LogP contribution is 2.17. The molecule has 2 heterocycles. The van der Waals surface area contributed by atoms with Crippen LogP contribution in [0.1, 0.15) is 16.1 Å². The molecule has 1 amide bonds. The largest absolute Gasteiger partial charge is 0.348 e. The van der Waals surface area contributed by atoms with E-state index in [2.05, 4.69) is 23.0 Å². The molecular weight excluding hydrogens is 331 g/mol. The molecule has 2 rings (SSSR count). The second-order valence-electron chi connectivity index (χ2n) is 4.61. The third kappa shape index (κ3) is 5.32. The Balaban J connectivity index is 0.00000200. The van der Waals surface area contributed by atoms with Crippen molar-refractivity contribution in [3.63, 3.8) is 0 Å². The van der Waals surface area contributed by atoms with E-state index in [4.69, 9.17) is 5.73 Å². The first-order chi connectivity index (χ1) is 9.08. The Kier molecular flexibility index (Phi) is 8.58. The quantitative estimate of drug-likeness (QED) is 0.867. The zero-order valence-corrected chi connectivity index (χ0v) is 14.4. The summed E-state index contributed by atoms with van der Waals surface area (Å²) in [7, 11) is 1.79. The predicted molar refractivity (Wildman–Crippen MR) is 90.3 cm³/mol. The van der Waals surface area contributed by atoms with Crippen LogP contribution in [0.2, 0.25) is 0 Å². The van der Waals surface area contributed by atoms with Crippen molar-refractivity contribution in [1.29, 1.82) is 0 Å². The molecular formula is C13H20Cl2N4OS. The van der Waals surface area contributed by atoms with Crippen molar-refractivity contribution in [3.8, 4) is 0 Å². The molecule has 0 radical (unpaired) electrons. The fourth-order valence-electron chi connectivity index (χ4n) is 1.86. The van der Waals surface area contributed by atoms with E-state index in [0.29, 0.717) is 13.0 Å². The lowest BCUT2D eigenvalue weighted by molar-refractivity contribution is -0.131. The van der Waals surface area contributed by atoms with Crippen LogP contribution < -0.4 is 5.73 Å². The molecule has 0 aliphatic carbocycles. The van der Waals surface area contributed by atoms with E-state index >= 15 is 0 Å². The molecule has 3 N–H and O–H groups in total. The molecule has 1 atom stereocenters. The van der Waals surface area contributed by atoms with Crippen LogP contribution >= 0.6 is 36.2 Å². The molecule has 0 unspecified atom stereocenters. The first-order valence-electron chi connectivity index (χ1n) is 6.08. The number of nitrogens with one attached hydrogen (secondary N) is 1. The van der Waals surface area contributed by atoms with Gasteiger partial charge in [0, 0.05) is 30.2 Å². The molecule has 2 aromatic rings. The van der Waals surface area contributed by atoms with Gasteiger partial charge in [0.15, 0.2) is 0 Å². The van der Waals surface area contributed by atoms with Gasteiger partial charge in [-0.1, -0.05) is 0 Å². The maximum atomic E-state index is 12.2. The Morgan fingerprint density at radius 1 is 1.52 bits per heavy atom. The molecule has 0 aliphatic rings. The number of aromatic nitrogens is 2. The molecule has 8 heteroatoms. The Labute approximate surface area is 140 Å². The molecule has 2 aromatic heterocycles. The van der Waals surface area contributed by atoms with Gasteiger partial charge in [0.25, 0.3) is 0 Å². The van der Waals surface area contributed by atoms with Gasteiger partial charge in [-0.25, -0.2) is 4.98 Å².